The summed E-state index contributed by atoms with van der Waals surface area (Å²) in [6.45, 7) is 1.45. The number of piperidine rings is 1. The maximum atomic E-state index is 12.4. The van der Waals surface area contributed by atoms with Crippen molar-refractivity contribution < 1.29 is 4.79 Å². The summed E-state index contributed by atoms with van der Waals surface area (Å²) in [4.78, 5) is 14.7. The molecule has 0 saturated carbocycles. The van der Waals surface area contributed by atoms with Crippen LogP contribution in [0.5, 0.6) is 0 Å². The van der Waals surface area contributed by atoms with Gasteiger partial charge in [0.2, 0.25) is 0 Å². The topological polar surface area (TPSA) is 46.3 Å². The van der Waals surface area contributed by atoms with Crippen LogP contribution in [0.25, 0.3) is 0 Å². The molecule has 96 valence electrons. The van der Waals surface area contributed by atoms with Crippen molar-refractivity contribution in [2.75, 3.05) is 13.1 Å². The maximum absolute atomic E-state index is 12.4. The number of hydrogen-bond donors (Lipinski definition) is 1. The zero-order valence-electron chi connectivity index (χ0n) is 9.93. The molecule has 1 aliphatic heterocycles. The highest BCUT2D eigenvalue weighted by atomic mass is 127. The van der Waals surface area contributed by atoms with Gasteiger partial charge in [-0.15, -0.1) is 0 Å². The van der Waals surface area contributed by atoms with Crippen molar-refractivity contribution >= 4 is 45.7 Å². The third kappa shape index (κ3) is 3.20. The molecule has 1 aromatic carbocycles. The fourth-order valence-corrected chi connectivity index (χ4v) is 2.93. The minimum absolute atomic E-state index is 0.0782. The molecule has 1 amide bonds. The van der Waals surface area contributed by atoms with Gasteiger partial charge in [0, 0.05) is 28.1 Å². The lowest BCUT2D eigenvalue weighted by Crippen LogP contribution is -2.43. The molecule has 0 bridgehead atoms. The second-order valence-electron chi connectivity index (χ2n) is 4.50. The van der Waals surface area contributed by atoms with E-state index >= 15 is 0 Å². The summed E-state index contributed by atoms with van der Waals surface area (Å²) in [7, 11) is 0. The maximum Gasteiger partial charge on any atom is 0.253 e. The molecule has 18 heavy (non-hydrogen) atoms. The molecule has 2 rings (SSSR count). The summed E-state index contributed by atoms with van der Waals surface area (Å²) < 4.78 is 1.07. The van der Waals surface area contributed by atoms with E-state index in [2.05, 4.69) is 22.6 Å². The first kappa shape index (κ1) is 13.7. The van der Waals surface area contributed by atoms with Gasteiger partial charge in [-0.25, -0.2) is 0 Å². The molecule has 5 heteroatoms. The first-order chi connectivity index (χ1) is 8.58. The molecule has 3 nitrogen and oxygen atoms in total. The van der Waals surface area contributed by atoms with Gasteiger partial charge in [-0.2, -0.15) is 0 Å². The molecule has 1 saturated heterocycles. The lowest BCUT2D eigenvalue weighted by atomic mass is 9.97. The van der Waals surface area contributed by atoms with E-state index in [0.29, 0.717) is 11.5 Å². The number of amides is 1. The van der Waals surface area contributed by atoms with Crippen LogP contribution < -0.4 is 5.73 Å². The highest BCUT2D eigenvalue weighted by Crippen LogP contribution is 2.19. The third-order valence-corrected chi connectivity index (χ3v) is 4.19. The number of nitrogens with two attached hydrogens (primary N) is 1. The number of likely N-dealkylation sites (tertiary alicyclic amines) is 1. The van der Waals surface area contributed by atoms with Gasteiger partial charge < -0.3 is 10.6 Å². The minimum atomic E-state index is 0.0782. The predicted octanol–water partition coefficient (Wildman–Crippen LogP) is 2.43. The van der Waals surface area contributed by atoms with Gasteiger partial charge in [-0.3, -0.25) is 4.79 Å². The van der Waals surface area contributed by atoms with Crippen LogP contribution in [0.1, 0.15) is 23.2 Å². The summed E-state index contributed by atoms with van der Waals surface area (Å²) in [5.74, 6) is 0.245. The summed E-state index contributed by atoms with van der Waals surface area (Å²) in [5.41, 5.74) is 6.43. The monoisotopic (exact) mass is 374 g/mol. The summed E-state index contributed by atoms with van der Waals surface area (Å²) in [6, 6.07) is 7.65. The van der Waals surface area contributed by atoms with Crippen molar-refractivity contribution in [2.24, 2.45) is 11.7 Å². The lowest BCUT2D eigenvalue weighted by Gasteiger charge is -2.32. The van der Waals surface area contributed by atoms with Crippen LogP contribution in [0.4, 0.5) is 0 Å². The molecule has 1 heterocycles. The van der Waals surface area contributed by atoms with Gasteiger partial charge in [0.15, 0.2) is 0 Å². The first-order valence-corrected chi connectivity index (χ1v) is 7.41. The van der Waals surface area contributed by atoms with Crippen molar-refractivity contribution in [3.63, 3.8) is 0 Å². The minimum Gasteiger partial charge on any atom is -0.393 e. The standard InChI is InChI=1S/C13H15IN2OS/c14-11-5-1-3-9(7-11)13(17)16-6-2-4-10(8-16)12(15)18/h1,3,5,7,10H,2,4,6,8H2,(H2,15,18). The fraction of sp³-hybridized carbons (Fsp3) is 0.385. The molecular formula is C13H15IN2OS. The molecule has 1 unspecified atom stereocenters. The average molecular weight is 374 g/mol. The van der Waals surface area contributed by atoms with Gasteiger partial charge in [0.05, 0.1) is 4.99 Å². The van der Waals surface area contributed by atoms with Gasteiger partial charge in [-0.05, 0) is 53.6 Å². The first-order valence-electron chi connectivity index (χ1n) is 5.92. The Hall–Kier alpha value is -0.690. The number of thiocarbonyl (C=S) groups is 1. The zero-order chi connectivity index (χ0) is 13.1. The van der Waals surface area contributed by atoms with Crippen LogP contribution in [0, 0.1) is 9.49 Å². The summed E-state index contributed by atoms with van der Waals surface area (Å²) in [5, 5.41) is 0. The van der Waals surface area contributed by atoms with E-state index < -0.39 is 0 Å². The number of nitrogens with zero attached hydrogens (tertiary/aromatic N) is 1. The Morgan fingerprint density at radius 3 is 2.94 bits per heavy atom. The Morgan fingerprint density at radius 2 is 2.28 bits per heavy atom. The van der Waals surface area contributed by atoms with Crippen molar-refractivity contribution in [2.45, 2.75) is 12.8 Å². The van der Waals surface area contributed by atoms with Crippen LogP contribution in [0.15, 0.2) is 24.3 Å². The van der Waals surface area contributed by atoms with E-state index in [1.54, 1.807) is 0 Å². The van der Waals surface area contributed by atoms with Gasteiger partial charge in [-0.1, -0.05) is 18.3 Å². The second kappa shape index (κ2) is 5.97. The highest BCUT2D eigenvalue weighted by Gasteiger charge is 2.25. The van der Waals surface area contributed by atoms with Gasteiger partial charge >= 0.3 is 0 Å². The quantitative estimate of drug-likeness (QED) is 0.639. The molecule has 1 atom stereocenters. The average Bonchev–Trinajstić information content (AvgIpc) is 2.38. The zero-order valence-corrected chi connectivity index (χ0v) is 12.9. The molecule has 2 N–H and O–H groups in total. The Kier molecular flexibility index (Phi) is 4.55. The normalized spacial score (nSPS) is 19.6. The van der Waals surface area contributed by atoms with Gasteiger partial charge in [0.25, 0.3) is 5.91 Å². The second-order valence-corrected chi connectivity index (χ2v) is 6.22. The molecule has 0 radical (unpaired) electrons. The molecule has 1 aromatic rings. The van der Waals surface area contributed by atoms with Crippen LogP contribution in [-0.2, 0) is 0 Å². The molecule has 1 fully saturated rings. The lowest BCUT2D eigenvalue weighted by molar-refractivity contribution is 0.0703. The number of carbonyl (C=O) groups excluding carboxylic acids is 1. The number of benzene rings is 1. The molecule has 1 aliphatic rings. The predicted molar refractivity (Wildman–Crippen MR) is 84.6 cm³/mol. The SMILES string of the molecule is NC(=S)C1CCCN(C(=O)c2cccc(I)c2)C1. The Bertz CT molecular complexity index is 478. The van der Waals surface area contributed by atoms with Gasteiger partial charge in [0.1, 0.15) is 0 Å². The van der Waals surface area contributed by atoms with E-state index in [9.17, 15) is 4.79 Å². The number of halogens is 1. The van der Waals surface area contributed by atoms with E-state index in [4.69, 9.17) is 18.0 Å². The Morgan fingerprint density at radius 1 is 1.50 bits per heavy atom. The Labute approximate surface area is 126 Å². The van der Waals surface area contributed by atoms with Crippen LogP contribution in [0.3, 0.4) is 0 Å². The van der Waals surface area contributed by atoms with Crippen molar-refractivity contribution in [1.29, 1.82) is 0 Å². The molecule has 0 spiro atoms. The van der Waals surface area contributed by atoms with Crippen LogP contribution in [-0.4, -0.2) is 28.9 Å². The molecular weight excluding hydrogens is 359 g/mol. The fourth-order valence-electron chi connectivity index (χ4n) is 2.20. The number of hydrogen-bond acceptors (Lipinski definition) is 2. The summed E-state index contributed by atoms with van der Waals surface area (Å²) >= 11 is 7.24. The van der Waals surface area contributed by atoms with E-state index in [0.717, 1.165) is 28.5 Å². The van der Waals surface area contributed by atoms with Crippen molar-refractivity contribution in [3.05, 3.63) is 33.4 Å². The van der Waals surface area contributed by atoms with E-state index in [1.807, 2.05) is 29.2 Å². The largest absolute Gasteiger partial charge is 0.393 e. The number of rotatable bonds is 2. The summed E-state index contributed by atoms with van der Waals surface area (Å²) in [6.07, 6.45) is 1.96. The van der Waals surface area contributed by atoms with Crippen LogP contribution >= 0.6 is 34.8 Å². The van der Waals surface area contributed by atoms with E-state index in [-0.39, 0.29) is 11.8 Å². The van der Waals surface area contributed by atoms with E-state index in [1.165, 1.54) is 0 Å². The highest BCUT2D eigenvalue weighted by molar-refractivity contribution is 14.1. The Balaban J connectivity index is 2.11. The third-order valence-electron chi connectivity index (χ3n) is 3.18. The van der Waals surface area contributed by atoms with Crippen molar-refractivity contribution in [3.8, 4) is 0 Å². The number of carbonyl (C=O) groups is 1. The molecule has 0 aliphatic carbocycles. The smallest absolute Gasteiger partial charge is 0.253 e. The van der Waals surface area contributed by atoms with Crippen LogP contribution in [0.2, 0.25) is 0 Å². The van der Waals surface area contributed by atoms with Crippen molar-refractivity contribution in [1.82, 2.24) is 4.90 Å². The molecule has 0 aromatic heterocycles.